The third-order valence-electron chi connectivity index (χ3n) is 4.15. The van der Waals surface area contributed by atoms with E-state index in [-0.39, 0.29) is 17.1 Å². The van der Waals surface area contributed by atoms with E-state index in [9.17, 15) is 10.1 Å². The summed E-state index contributed by atoms with van der Waals surface area (Å²) in [5.41, 5.74) is 3.48. The van der Waals surface area contributed by atoms with E-state index in [1.54, 1.807) is 12.1 Å². The Kier molecular flexibility index (Phi) is 4.03. The molecule has 0 aliphatic carbocycles. The summed E-state index contributed by atoms with van der Waals surface area (Å²) < 4.78 is 5.35. The van der Waals surface area contributed by atoms with E-state index in [1.165, 1.54) is 0 Å². The normalized spacial score (nSPS) is 10.6. The van der Waals surface area contributed by atoms with Crippen LogP contribution in [0.15, 0.2) is 89.5 Å². The van der Waals surface area contributed by atoms with Crippen LogP contribution >= 0.6 is 0 Å². The van der Waals surface area contributed by atoms with Crippen molar-refractivity contribution >= 4 is 5.69 Å². The van der Waals surface area contributed by atoms with Gasteiger partial charge in [-0.05, 0) is 11.1 Å². The molecule has 0 N–H and O–H groups in total. The summed E-state index contributed by atoms with van der Waals surface area (Å²) in [4.78, 5) is 11.2. The van der Waals surface area contributed by atoms with Crippen molar-refractivity contribution in [3.8, 4) is 33.7 Å². The van der Waals surface area contributed by atoms with Gasteiger partial charge in [-0.25, -0.2) is 0 Å². The molecule has 26 heavy (non-hydrogen) atoms. The van der Waals surface area contributed by atoms with Crippen molar-refractivity contribution in [1.29, 1.82) is 0 Å². The average Bonchev–Trinajstić information content (AvgIpc) is 3.15. The van der Waals surface area contributed by atoms with Gasteiger partial charge in [0.05, 0.1) is 4.92 Å². The molecule has 0 radical (unpaired) electrons. The van der Waals surface area contributed by atoms with Crippen LogP contribution in [0.5, 0.6) is 0 Å². The third kappa shape index (κ3) is 2.86. The van der Waals surface area contributed by atoms with Gasteiger partial charge in [0.25, 0.3) is 0 Å². The zero-order valence-electron chi connectivity index (χ0n) is 13.7. The number of hydrogen-bond acceptors (Lipinski definition) is 4. The first-order valence-corrected chi connectivity index (χ1v) is 8.09. The maximum absolute atomic E-state index is 11.6. The molecule has 4 aromatic rings. The Labute approximate surface area is 149 Å². The minimum Gasteiger partial charge on any atom is -0.348 e. The third-order valence-corrected chi connectivity index (χ3v) is 4.15. The van der Waals surface area contributed by atoms with Crippen LogP contribution in [0.4, 0.5) is 5.69 Å². The summed E-state index contributed by atoms with van der Waals surface area (Å²) >= 11 is 0. The van der Waals surface area contributed by atoms with Crippen molar-refractivity contribution in [3.63, 3.8) is 0 Å². The quantitative estimate of drug-likeness (QED) is 0.358. The van der Waals surface area contributed by atoms with Crippen molar-refractivity contribution < 1.29 is 9.45 Å². The average molecular weight is 342 g/mol. The molecule has 1 heterocycles. The maximum atomic E-state index is 11.6. The fourth-order valence-electron chi connectivity index (χ4n) is 2.87. The molecular formula is C21H14N2O3. The van der Waals surface area contributed by atoms with Crippen molar-refractivity contribution in [3.05, 3.63) is 95.0 Å². The molecule has 0 fully saturated rings. The zero-order chi connectivity index (χ0) is 17.9. The minimum absolute atomic E-state index is 0.122. The highest BCUT2D eigenvalue weighted by atomic mass is 16.6. The molecule has 5 heteroatoms. The first kappa shape index (κ1) is 15.8. The van der Waals surface area contributed by atoms with Crippen molar-refractivity contribution in [2.45, 2.75) is 0 Å². The monoisotopic (exact) mass is 342 g/mol. The van der Waals surface area contributed by atoms with Gasteiger partial charge in [-0.2, -0.15) is 0 Å². The number of nitro groups is 1. The molecule has 0 amide bonds. The smallest absolute Gasteiger partial charge is 0.344 e. The molecule has 0 aliphatic rings. The molecule has 4 rings (SSSR count). The lowest BCUT2D eigenvalue weighted by molar-refractivity contribution is -0.383. The Morgan fingerprint density at radius 3 is 1.77 bits per heavy atom. The highest BCUT2D eigenvalue weighted by Crippen LogP contribution is 2.38. The fourth-order valence-corrected chi connectivity index (χ4v) is 2.87. The van der Waals surface area contributed by atoms with Crippen LogP contribution < -0.4 is 0 Å². The van der Waals surface area contributed by atoms with Crippen molar-refractivity contribution in [2.24, 2.45) is 0 Å². The van der Waals surface area contributed by atoms with E-state index in [2.05, 4.69) is 5.16 Å². The van der Waals surface area contributed by atoms with E-state index in [0.717, 1.165) is 11.1 Å². The molecule has 0 unspecified atom stereocenters. The predicted molar refractivity (Wildman–Crippen MR) is 99.5 cm³/mol. The van der Waals surface area contributed by atoms with Gasteiger partial charge in [0, 0.05) is 11.1 Å². The Bertz CT molecular complexity index is 1040. The van der Waals surface area contributed by atoms with Crippen LogP contribution in [-0.4, -0.2) is 10.1 Å². The Balaban J connectivity index is 1.77. The standard InChI is InChI=1S/C21H14N2O3/c24-23(25)20-19(17-9-5-2-6-10-17)22-26-21(20)18-13-11-16(12-14-18)15-7-3-1-4-8-15/h1-14H. The summed E-state index contributed by atoms with van der Waals surface area (Å²) in [7, 11) is 0. The Morgan fingerprint density at radius 2 is 1.19 bits per heavy atom. The second-order valence-corrected chi connectivity index (χ2v) is 5.78. The summed E-state index contributed by atoms with van der Waals surface area (Å²) in [5.74, 6) is 0.161. The lowest BCUT2D eigenvalue weighted by atomic mass is 10.0. The van der Waals surface area contributed by atoms with Gasteiger partial charge in [0.15, 0.2) is 5.69 Å². The molecule has 126 valence electrons. The van der Waals surface area contributed by atoms with Crippen LogP contribution in [0.2, 0.25) is 0 Å². The maximum Gasteiger partial charge on any atom is 0.344 e. The van der Waals surface area contributed by atoms with Crippen LogP contribution in [0.3, 0.4) is 0 Å². The second-order valence-electron chi connectivity index (χ2n) is 5.78. The summed E-state index contributed by atoms with van der Waals surface area (Å²) in [6.07, 6.45) is 0. The van der Waals surface area contributed by atoms with Gasteiger partial charge < -0.3 is 4.52 Å². The molecule has 0 aliphatic heterocycles. The van der Waals surface area contributed by atoms with Crippen molar-refractivity contribution in [1.82, 2.24) is 5.16 Å². The van der Waals surface area contributed by atoms with Gasteiger partial charge in [-0.15, -0.1) is 0 Å². The van der Waals surface area contributed by atoms with Gasteiger partial charge in [-0.1, -0.05) is 90.1 Å². The van der Waals surface area contributed by atoms with Gasteiger partial charge in [0.1, 0.15) is 0 Å². The lowest BCUT2D eigenvalue weighted by Gasteiger charge is -2.02. The molecule has 5 nitrogen and oxygen atoms in total. The van der Waals surface area contributed by atoms with E-state index in [4.69, 9.17) is 4.52 Å². The van der Waals surface area contributed by atoms with E-state index in [0.29, 0.717) is 11.1 Å². The van der Waals surface area contributed by atoms with Crippen LogP contribution in [0, 0.1) is 10.1 Å². The molecule has 1 aromatic heterocycles. The zero-order valence-corrected chi connectivity index (χ0v) is 13.7. The largest absolute Gasteiger partial charge is 0.348 e. The number of aromatic nitrogens is 1. The van der Waals surface area contributed by atoms with E-state index < -0.39 is 4.92 Å². The van der Waals surface area contributed by atoms with Gasteiger partial charge in [-0.3, -0.25) is 10.1 Å². The van der Waals surface area contributed by atoms with Gasteiger partial charge in [0.2, 0.25) is 5.76 Å². The van der Waals surface area contributed by atoms with Crippen LogP contribution in [0.1, 0.15) is 0 Å². The fraction of sp³-hybridized carbons (Fsp3) is 0. The molecule has 0 saturated carbocycles. The second kappa shape index (κ2) is 6.64. The van der Waals surface area contributed by atoms with Gasteiger partial charge >= 0.3 is 5.69 Å². The summed E-state index contributed by atoms with van der Waals surface area (Å²) in [5, 5.41) is 15.6. The number of benzene rings is 3. The highest BCUT2D eigenvalue weighted by Gasteiger charge is 2.29. The Morgan fingerprint density at radius 1 is 0.692 bits per heavy atom. The molecule has 0 saturated heterocycles. The molecule has 3 aromatic carbocycles. The number of nitrogens with zero attached hydrogens (tertiary/aromatic N) is 2. The van der Waals surface area contributed by atoms with E-state index in [1.807, 2.05) is 72.8 Å². The summed E-state index contributed by atoms with van der Waals surface area (Å²) in [6.45, 7) is 0. The predicted octanol–water partition coefficient (Wildman–Crippen LogP) is 5.58. The topological polar surface area (TPSA) is 69.2 Å². The molecule has 0 spiro atoms. The SMILES string of the molecule is O=[N+]([O-])c1c(-c2ccccc2)noc1-c1ccc(-c2ccccc2)cc1. The van der Waals surface area contributed by atoms with Crippen LogP contribution in [-0.2, 0) is 0 Å². The first-order chi connectivity index (χ1) is 12.7. The first-order valence-electron chi connectivity index (χ1n) is 8.09. The lowest BCUT2D eigenvalue weighted by Crippen LogP contribution is -1.91. The molecule has 0 atom stereocenters. The molecular weight excluding hydrogens is 328 g/mol. The highest BCUT2D eigenvalue weighted by molar-refractivity contribution is 5.81. The Hall–Kier alpha value is -3.73. The summed E-state index contributed by atoms with van der Waals surface area (Å²) in [6, 6.07) is 26.4. The van der Waals surface area contributed by atoms with Crippen molar-refractivity contribution in [2.75, 3.05) is 0 Å². The number of rotatable bonds is 4. The van der Waals surface area contributed by atoms with E-state index >= 15 is 0 Å². The van der Waals surface area contributed by atoms with Crippen LogP contribution in [0.25, 0.3) is 33.7 Å². The number of hydrogen-bond donors (Lipinski definition) is 0. The minimum atomic E-state index is -0.445. The molecule has 0 bridgehead atoms.